The van der Waals surface area contributed by atoms with Crippen molar-refractivity contribution in [1.82, 2.24) is 15.1 Å². The number of aliphatic imine (C=N–C) groups is 1. The maximum atomic E-state index is 12.1. The highest BCUT2D eigenvalue weighted by Gasteiger charge is 2.17. The summed E-state index contributed by atoms with van der Waals surface area (Å²) in [5.74, 6) is 0.979. The number of amides is 1. The number of halogens is 2. The molecule has 2 rings (SSSR count). The summed E-state index contributed by atoms with van der Waals surface area (Å²) < 4.78 is 0. The van der Waals surface area contributed by atoms with Crippen LogP contribution in [0.15, 0.2) is 23.2 Å². The second-order valence-corrected chi connectivity index (χ2v) is 6.99. The third kappa shape index (κ3) is 6.08. The summed E-state index contributed by atoms with van der Waals surface area (Å²) in [6.07, 6.45) is 2.68. The quantitative estimate of drug-likeness (QED) is 0.603. The number of hydrogen-bond acceptors (Lipinski definition) is 2. The fraction of sp³-hybridized carbons (Fsp3) is 0.556. The average molecular weight is 385 g/mol. The van der Waals surface area contributed by atoms with Crippen LogP contribution in [0.1, 0.15) is 31.7 Å². The highest BCUT2D eigenvalue weighted by molar-refractivity contribution is 6.42. The third-order valence-electron chi connectivity index (χ3n) is 4.15. The molecule has 1 aromatic carbocycles. The topological polar surface area (TPSA) is 47.9 Å². The first-order valence-electron chi connectivity index (χ1n) is 8.72. The van der Waals surface area contributed by atoms with Crippen LogP contribution in [0.5, 0.6) is 0 Å². The van der Waals surface area contributed by atoms with Crippen LogP contribution in [0.3, 0.4) is 0 Å². The van der Waals surface area contributed by atoms with Gasteiger partial charge in [-0.2, -0.15) is 0 Å². The zero-order valence-electron chi connectivity index (χ0n) is 14.9. The molecular formula is C18H26Cl2N4O. The molecule has 0 atom stereocenters. The van der Waals surface area contributed by atoms with Crippen molar-refractivity contribution in [2.24, 2.45) is 4.99 Å². The molecule has 1 aromatic rings. The summed E-state index contributed by atoms with van der Waals surface area (Å²) in [6.45, 7) is 5.72. The molecule has 0 bridgehead atoms. The maximum Gasteiger partial charge on any atom is 0.224 e. The van der Waals surface area contributed by atoms with E-state index in [-0.39, 0.29) is 5.91 Å². The minimum Gasteiger partial charge on any atom is -0.357 e. The largest absolute Gasteiger partial charge is 0.357 e. The lowest BCUT2D eigenvalue weighted by Crippen LogP contribution is -2.38. The molecule has 1 N–H and O–H groups in total. The van der Waals surface area contributed by atoms with E-state index in [4.69, 9.17) is 23.2 Å². The van der Waals surface area contributed by atoms with E-state index >= 15 is 0 Å². The van der Waals surface area contributed by atoms with Crippen LogP contribution < -0.4 is 5.32 Å². The van der Waals surface area contributed by atoms with Crippen molar-refractivity contribution in [2.75, 3.05) is 33.2 Å². The Hall–Kier alpha value is -1.46. The molecule has 0 saturated carbocycles. The number of hydrogen-bond donors (Lipinski definition) is 1. The van der Waals surface area contributed by atoms with Crippen molar-refractivity contribution in [3.8, 4) is 0 Å². The fourth-order valence-electron chi connectivity index (χ4n) is 2.84. The molecular weight excluding hydrogens is 359 g/mol. The minimum absolute atomic E-state index is 0.198. The molecule has 25 heavy (non-hydrogen) atoms. The van der Waals surface area contributed by atoms with Crippen molar-refractivity contribution in [3.63, 3.8) is 0 Å². The van der Waals surface area contributed by atoms with Crippen molar-refractivity contribution in [3.05, 3.63) is 33.8 Å². The summed E-state index contributed by atoms with van der Waals surface area (Å²) in [4.78, 5) is 20.6. The van der Waals surface area contributed by atoms with Gasteiger partial charge in [0, 0.05) is 39.6 Å². The van der Waals surface area contributed by atoms with Gasteiger partial charge in [0.2, 0.25) is 5.91 Å². The van der Waals surface area contributed by atoms with E-state index in [0.29, 0.717) is 29.6 Å². The zero-order valence-corrected chi connectivity index (χ0v) is 16.4. The molecule has 1 amide bonds. The SMILES string of the molecule is CCNC(=NCCC(=O)N1CCCC1)N(C)Cc1ccc(Cl)c(Cl)c1. The second-order valence-electron chi connectivity index (χ2n) is 6.18. The van der Waals surface area contributed by atoms with Crippen LogP contribution in [0.25, 0.3) is 0 Å². The van der Waals surface area contributed by atoms with Gasteiger partial charge in [-0.05, 0) is 37.5 Å². The normalized spacial score (nSPS) is 14.7. The third-order valence-corrected chi connectivity index (χ3v) is 4.89. The number of benzene rings is 1. The number of guanidine groups is 1. The van der Waals surface area contributed by atoms with E-state index in [0.717, 1.165) is 44.0 Å². The Bertz CT molecular complexity index is 615. The molecule has 1 aliphatic rings. The highest BCUT2D eigenvalue weighted by Crippen LogP contribution is 2.23. The van der Waals surface area contributed by atoms with Gasteiger partial charge in [0.1, 0.15) is 0 Å². The summed E-state index contributed by atoms with van der Waals surface area (Å²) >= 11 is 12.0. The minimum atomic E-state index is 0.198. The molecule has 138 valence electrons. The number of likely N-dealkylation sites (tertiary alicyclic amines) is 1. The first-order valence-corrected chi connectivity index (χ1v) is 9.48. The van der Waals surface area contributed by atoms with Crippen molar-refractivity contribution in [2.45, 2.75) is 32.7 Å². The molecule has 0 aliphatic carbocycles. The Labute approximate surface area is 160 Å². The van der Waals surface area contributed by atoms with E-state index in [1.54, 1.807) is 6.07 Å². The Kier molecular flexibility index (Phi) is 7.85. The van der Waals surface area contributed by atoms with Crippen LogP contribution in [0.4, 0.5) is 0 Å². The van der Waals surface area contributed by atoms with Gasteiger partial charge in [-0.25, -0.2) is 0 Å². The van der Waals surface area contributed by atoms with E-state index in [9.17, 15) is 4.79 Å². The second kappa shape index (κ2) is 9.88. The molecule has 0 radical (unpaired) electrons. The zero-order chi connectivity index (χ0) is 18.2. The number of nitrogens with zero attached hydrogens (tertiary/aromatic N) is 3. The van der Waals surface area contributed by atoms with E-state index < -0.39 is 0 Å². The molecule has 1 saturated heterocycles. The van der Waals surface area contributed by atoms with Crippen LogP contribution in [-0.2, 0) is 11.3 Å². The molecule has 7 heteroatoms. The van der Waals surface area contributed by atoms with Gasteiger partial charge in [-0.1, -0.05) is 29.3 Å². The number of nitrogens with one attached hydrogen (secondary N) is 1. The molecule has 0 aromatic heterocycles. The standard InChI is InChI=1S/C18H26Cl2N4O/c1-3-21-18(22-9-8-17(25)24-10-4-5-11-24)23(2)13-14-6-7-15(19)16(20)12-14/h6-7,12H,3-5,8-11,13H2,1-2H3,(H,21,22). The molecule has 5 nitrogen and oxygen atoms in total. The van der Waals surface area contributed by atoms with Gasteiger partial charge >= 0.3 is 0 Å². The lowest BCUT2D eigenvalue weighted by Gasteiger charge is -2.22. The Morgan fingerprint density at radius 1 is 1.28 bits per heavy atom. The summed E-state index contributed by atoms with van der Waals surface area (Å²) in [7, 11) is 1.96. The molecule has 0 spiro atoms. The van der Waals surface area contributed by atoms with Crippen molar-refractivity contribution < 1.29 is 4.79 Å². The van der Waals surface area contributed by atoms with Crippen LogP contribution in [0, 0.1) is 0 Å². The smallest absolute Gasteiger partial charge is 0.224 e. The number of carbonyl (C=O) groups is 1. The number of rotatable bonds is 6. The van der Waals surface area contributed by atoms with Gasteiger partial charge in [0.25, 0.3) is 0 Å². The lowest BCUT2D eigenvalue weighted by atomic mass is 10.2. The fourth-order valence-corrected chi connectivity index (χ4v) is 3.16. The van der Waals surface area contributed by atoms with E-state index in [1.807, 2.05) is 35.9 Å². The van der Waals surface area contributed by atoms with Crippen LogP contribution >= 0.6 is 23.2 Å². The van der Waals surface area contributed by atoms with Gasteiger partial charge in [0.05, 0.1) is 16.6 Å². The van der Waals surface area contributed by atoms with Crippen LogP contribution in [-0.4, -0.2) is 54.9 Å². The lowest BCUT2D eigenvalue weighted by molar-refractivity contribution is -0.129. The van der Waals surface area contributed by atoms with Gasteiger partial charge in [-0.3, -0.25) is 9.79 Å². The Morgan fingerprint density at radius 2 is 2.00 bits per heavy atom. The predicted molar refractivity (Wildman–Crippen MR) is 104 cm³/mol. The van der Waals surface area contributed by atoms with Crippen LogP contribution in [0.2, 0.25) is 10.0 Å². The Morgan fingerprint density at radius 3 is 2.64 bits per heavy atom. The van der Waals surface area contributed by atoms with Crippen molar-refractivity contribution in [1.29, 1.82) is 0 Å². The molecule has 0 unspecified atom stereocenters. The first-order chi connectivity index (χ1) is 12.0. The summed E-state index contributed by atoms with van der Waals surface area (Å²) in [6, 6.07) is 5.61. The number of carbonyl (C=O) groups excluding carboxylic acids is 1. The van der Waals surface area contributed by atoms with Crippen molar-refractivity contribution >= 4 is 35.1 Å². The Balaban J connectivity index is 1.92. The highest BCUT2D eigenvalue weighted by atomic mass is 35.5. The monoisotopic (exact) mass is 384 g/mol. The molecule has 1 fully saturated rings. The first kappa shape index (κ1) is 19.9. The van der Waals surface area contributed by atoms with Gasteiger partial charge in [-0.15, -0.1) is 0 Å². The van der Waals surface area contributed by atoms with Gasteiger partial charge in [0.15, 0.2) is 5.96 Å². The maximum absolute atomic E-state index is 12.1. The predicted octanol–water partition coefficient (Wildman–Crippen LogP) is 3.40. The van der Waals surface area contributed by atoms with E-state index in [1.165, 1.54) is 0 Å². The average Bonchev–Trinajstić information content (AvgIpc) is 3.12. The summed E-state index contributed by atoms with van der Waals surface area (Å²) in [5.41, 5.74) is 1.05. The van der Waals surface area contributed by atoms with E-state index in [2.05, 4.69) is 10.3 Å². The summed E-state index contributed by atoms with van der Waals surface area (Å²) in [5, 5.41) is 4.36. The molecule has 1 aliphatic heterocycles. The molecule has 1 heterocycles. The van der Waals surface area contributed by atoms with Gasteiger partial charge < -0.3 is 15.1 Å².